The van der Waals surface area contributed by atoms with Gasteiger partial charge in [0.1, 0.15) is 60.3 Å². The third-order valence-electron chi connectivity index (χ3n) is 9.73. The van der Waals surface area contributed by atoms with Gasteiger partial charge in [-0.3, -0.25) is 18.2 Å². The van der Waals surface area contributed by atoms with E-state index in [-0.39, 0.29) is 47.2 Å². The van der Waals surface area contributed by atoms with Crippen LogP contribution in [0.5, 0.6) is 0 Å². The fraction of sp³-hybridized carbons (Fsp3) is 0.353. The lowest BCUT2D eigenvalue weighted by Gasteiger charge is -2.23. The number of nitrogens with zero attached hydrogens (tertiary/aromatic N) is 8. The minimum Gasteiger partial charge on any atom is -0.387 e. The van der Waals surface area contributed by atoms with Crippen LogP contribution in [0, 0.1) is 0 Å². The van der Waals surface area contributed by atoms with Gasteiger partial charge in [0.25, 0.3) is 0 Å². The van der Waals surface area contributed by atoms with E-state index < -0.39 is 85.8 Å². The van der Waals surface area contributed by atoms with Crippen LogP contribution in [-0.2, 0) is 63.5 Å². The van der Waals surface area contributed by atoms with Crippen molar-refractivity contribution in [2.45, 2.75) is 62.3 Å². The number of nitrogen functional groups attached to an aromatic ring is 2. The molecule has 63 heavy (non-hydrogen) atoms. The van der Waals surface area contributed by atoms with Gasteiger partial charge >= 0.3 is 23.5 Å². The first-order valence-corrected chi connectivity index (χ1v) is 23.1. The second-order valence-electron chi connectivity index (χ2n) is 14.0. The molecule has 29 heteroatoms. The quantitative estimate of drug-likeness (QED) is 0.0605. The first kappa shape index (κ1) is 44.9. The van der Waals surface area contributed by atoms with Crippen molar-refractivity contribution >= 4 is 57.4 Å². The number of imidazole rings is 2. The van der Waals surface area contributed by atoms with Crippen molar-refractivity contribution in [2.24, 2.45) is 0 Å². The second kappa shape index (κ2) is 18.4. The molecule has 3 unspecified atom stereocenters. The molecule has 0 bridgehead atoms. The molecule has 11 atom stereocenters. The summed E-state index contributed by atoms with van der Waals surface area (Å²) in [4.78, 5) is 55.8. The van der Waals surface area contributed by atoms with Crippen molar-refractivity contribution in [3.8, 4) is 0 Å². The molecule has 2 aliphatic heterocycles. The maximum absolute atomic E-state index is 13.0. The van der Waals surface area contributed by atoms with Crippen molar-refractivity contribution in [1.29, 1.82) is 0 Å². The Hall–Kier alpha value is -4.69. The number of phosphoric acid groups is 3. The molecule has 2 fully saturated rings. The summed E-state index contributed by atoms with van der Waals surface area (Å²) < 4.78 is 84.0. The summed E-state index contributed by atoms with van der Waals surface area (Å²) in [5.74, 6) is 0.108. The van der Waals surface area contributed by atoms with E-state index in [0.29, 0.717) is 5.56 Å². The molecular formula is C34H39N10O16P3. The summed E-state index contributed by atoms with van der Waals surface area (Å²) in [7, 11) is -17.3. The molecule has 9 N–H and O–H groups in total. The van der Waals surface area contributed by atoms with Crippen LogP contribution in [0.25, 0.3) is 22.3 Å². The molecule has 4 aromatic heterocycles. The number of phosphoric ester groups is 2. The van der Waals surface area contributed by atoms with Crippen molar-refractivity contribution in [3.63, 3.8) is 0 Å². The van der Waals surface area contributed by atoms with Crippen LogP contribution in [0.15, 0.2) is 86.0 Å². The Balaban J connectivity index is 0.911. The summed E-state index contributed by atoms with van der Waals surface area (Å²) >= 11 is 0. The van der Waals surface area contributed by atoms with Gasteiger partial charge in [0.05, 0.1) is 39.1 Å². The Morgan fingerprint density at radius 2 is 1.05 bits per heavy atom. The zero-order valence-corrected chi connectivity index (χ0v) is 35.0. The molecule has 336 valence electrons. The Kier molecular flexibility index (Phi) is 13.1. The maximum atomic E-state index is 13.0. The first-order valence-electron chi connectivity index (χ1n) is 18.6. The smallest absolute Gasteiger partial charge is 0.387 e. The van der Waals surface area contributed by atoms with Crippen LogP contribution < -0.4 is 11.5 Å². The first-order chi connectivity index (χ1) is 30.1. The molecule has 8 rings (SSSR count). The zero-order valence-electron chi connectivity index (χ0n) is 32.3. The fourth-order valence-electron chi connectivity index (χ4n) is 6.85. The fourth-order valence-corrected chi connectivity index (χ4v) is 10.4. The zero-order chi connectivity index (χ0) is 44.5. The third-order valence-corrected chi connectivity index (χ3v) is 14.0. The summed E-state index contributed by atoms with van der Waals surface area (Å²) in [6, 6.07) is 17.7. The average Bonchev–Trinajstić information content (AvgIpc) is 4.02. The Morgan fingerprint density at radius 1 is 0.587 bits per heavy atom. The molecule has 0 aliphatic carbocycles. The highest BCUT2D eigenvalue weighted by Gasteiger charge is 2.50. The number of fused-ring (bicyclic) bond motifs is 2. The van der Waals surface area contributed by atoms with Crippen molar-refractivity contribution in [1.82, 2.24) is 39.0 Å². The van der Waals surface area contributed by atoms with E-state index in [0.717, 1.165) is 5.56 Å². The van der Waals surface area contributed by atoms with E-state index in [1.54, 1.807) is 60.7 Å². The van der Waals surface area contributed by atoms with Crippen molar-refractivity contribution in [2.75, 3.05) is 24.7 Å². The van der Waals surface area contributed by atoms with Crippen molar-refractivity contribution < 1.29 is 75.2 Å². The minimum atomic E-state index is -5.98. The maximum Gasteiger partial charge on any atom is 0.490 e. The number of benzene rings is 2. The highest BCUT2D eigenvalue weighted by Crippen LogP contribution is 2.68. The standard InChI is InChI=1S/C34H39N10O16P3/c35-29-23-31(39-15-37-29)43(17-41-23)33-26(46)27(53-11-19-7-3-1-4-8-19)22(58-33)14-56-62(49,50)60-63(51,52)59-61(47,48)55-13-21-25(45)28(54-12-20-9-5-2-6-10-20)34(57-21)44-18-42-24-30(36)38-16-40-32(24)44/h1-10,15-18,21-22,25-28,33-34,45-46H,11-14H2,(H,47,48)(H,49,50)(H,51,52)(H2,35,37,39)(H2,36,38,40)/t21-,22-,25-,26+,27+,28-,33+,34-/m1/s1. The number of ether oxygens (including phenoxy) is 4. The number of rotatable bonds is 18. The monoisotopic (exact) mass is 936 g/mol. The molecule has 6 heterocycles. The normalized spacial score (nSPS) is 26.7. The van der Waals surface area contributed by atoms with Crippen LogP contribution in [0.4, 0.5) is 11.6 Å². The molecule has 2 saturated heterocycles. The van der Waals surface area contributed by atoms with E-state index in [2.05, 4.69) is 38.5 Å². The van der Waals surface area contributed by atoms with Crippen LogP contribution >= 0.6 is 23.5 Å². The molecule has 0 radical (unpaired) electrons. The summed E-state index contributed by atoms with van der Waals surface area (Å²) in [5, 5.41) is 22.7. The third kappa shape index (κ3) is 10.2. The van der Waals surface area contributed by atoms with Gasteiger partial charge in [0.2, 0.25) is 0 Å². The van der Waals surface area contributed by atoms with E-state index in [1.807, 2.05) is 0 Å². The second-order valence-corrected chi connectivity index (χ2v) is 18.6. The molecule has 2 aromatic carbocycles. The highest BCUT2D eigenvalue weighted by molar-refractivity contribution is 7.66. The summed E-state index contributed by atoms with van der Waals surface area (Å²) in [6.07, 6.45) is -5.76. The van der Waals surface area contributed by atoms with E-state index in [1.165, 1.54) is 34.4 Å². The number of anilines is 2. The number of aromatic nitrogens is 8. The molecule has 0 amide bonds. The van der Waals surface area contributed by atoms with Crippen LogP contribution in [-0.4, -0.2) is 114 Å². The van der Waals surface area contributed by atoms with Gasteiger partial charge in [-0.15, -0.1) is 0 Å². The number of hydrogen-bond donors (Lipinski definition) is 7. The molecule has 26 nitrogen and oxygen atoms in total. The number of aliphatic hydroxyl groups is 2. The van der Waals surface area contributed by atoms with Gasteiger partial charge in [-0.2, -0.15) is 8.62 Å². The predicted molar refractivity (Wildman–Crippen MR) is 213 cm³/mol. The van der Waals surface area contributed by atoms with Gasteiger partial charge in [-0.1, -0.05) is 60.7 Å². The van der Waals surface area contributed by atoms with Gasteiger partial charge < -0.3 is 55.3 Å². The molecule has 6 aromatic rings. The van der Waals surface area contributed by atoms with Gasteiger partial charge in [0.15, 0.2) is 35.4 Å². The summed E-state index contributed by atoms with van der Waals surface area (Å²) in [5.41, 5.74) is 14.1. The van der Waals surface area contributed by atoms with Crippen molar-refractivity contribution in [3.05, 3.63) is 97.1 Å². The Labute approximate surface area is 355 Å². The van der Waals surface area contributed by atoms with Crippen LogP contribution in [0.3, 0.4) is 0 Å². The minimum absolute atomic E-state index is 0.00215. The SMILES string of the molecule is Nc1ncnc2c1ncn2[C@@H]1O[C@H](COP(=O)(O)OP(=O)(O)OP(=O)(O)OC[C@H]2O[C@H](n3cnc4c(N)ncnc43)[C@@H](O)[C@H]2OCc2ccccc2)[C@@H](O)[C@H]1OCc1ccccc1. The number of aliphatic hydroxyl groups excluding tert-OH is 2. The van der Waals surface area contributed by atoms with Gasteiger partial charge in [0, 0.05) is 0 Å². The number of hydrogen-bond acceptors (Lipinski definition) is 21. The lowest BCUT2D eigenvalue weighted by atomic mass is 10.1. The van der Waals surface area contributed by atoms with Gasteiger partial charge in [-0.05, 0) is 11.1 Å². The van der Waals surface area contributed by atoms with Crippen LogP contribution in [0.2, 0.25) is 0 Å². The van der Waals surface area contributed by atoms with E-state index >= 15 is 0 Å². The average molecular weight is 937 g/mol. The van der Waals surface area contributed by atoms with Gasteiger partial charge in [-0.25, -0.2) is 43.6 Å². The lowest BCUT2D eigenvalue weighted by Crippen LogP contribution is -2.36. The van der Waals surface area contributed by atoms with Crippen LogP contribution in [0.1, 0.15) is 23.6 Å². The van der Waals surface area contributed by atoms with E-state index in [9.17, 15) is 38.6 Å². The highest BCUT2D eigenvalue weighted by atomic mass is 31.3. The Morgan fingerprint density at radius 3 is 1.57 bits per heavy atom. The predicted octanol–water partition coefficient (Wildman–Crippen LogP) is 1.89. The largest absolute Gasteiger partial charge is 0.490 e. The molecule has 0 spiro atoms. The molecular weight excluding hydrogens is 897 g/mol. The Bertz CT molecular complexity index is 2690. The topological polar surface area (TPSA) is 365 Å². The molecule has 0 saturated carbocycles. The summed E-state index contributed by atoms with van der Waals surface area (Å²) in [6.45, 7) is -1.92. The number of nitrogens with two attached hydrogens (primary N) is 2. The molecule has 2 aliphatic rings. The van der Waals surface area contributed by atoms with E-state index in [4.69, 9.17) is 39.5 Å². The lowest BCUT2D eigenvalue weighted by molar-refractivity contribution is -0.0759.